The molecule has 11 nitrogen and oxygen atoms in total. The van der Waals surface area contributed by atoms with Crippen LogP contribution in [0.25, 0.3) is 0 Å². The number of carboxylic acid groups (broad SMARTS) is 1. The number of benzene rings is 2. The third kappa shape index (κ3) is 7.11. The Balaban J connectivity index is 1.33. The smallest absolute Gasteiger partial charge is 0.330 e. The zero-order valence-electron chi connectivity index (χ0n) is 23.4. The molecule has 1 atom stereocenters. The van der Waals surface area contributed by atoms with Crippen molar-refractivity contribution >= 4 is 29.1 Å². The number of carboxylic acids is 1. The number of hydrogen-bond acceptors (Lipinski definition) is 8. The number of anilines is 3. The maximum atomic E-state index is 13.6. The molecule has 3 aliphatic rings. The van der Waals surface area contributed by atoms with Gasteiger partial charge in [0.15, 0.2) is 11.5 Å². The number of ether oxygens (including phenoxy) is 2. The molecule has 0 spiro atoms. The van der Waals surface area contributed by atoms with Crippen molar-refractivity contribution in [2.45, 2.75) is 12.5 Å². The normalized spacial score (nSPS) is 19.0. The second-order valence-corrected chi connectivity index (χ2v) is 10.5. The molecule has 4 N–H and O–H groups in total. The van der Waals surface area contributed by atoms with Crippen LogP contribution in [0.1, 0.15) is 6.42 Å². The number of urea groups is 1. The van der Waals surface area contributed by atoms with Gasteiger partial charge in [0.2, 0.25) is 0 Å². The average Bonchev–Trinajstić information content (AvgIpc) is 2.97. The van der Waals surface area contributed by atoms with Crippen LogP contribution in [0.15, 0.2) is 66.4 Å². The second-order valence-electron chi connectivity index (χ2n) is 10.5. The van der Waals surface area contributed by atoms with E-state index in [0.29, 0.717) is 54.9 Å². The third-order valence-corrected chi connectivity index (χ3v) is 7.52. The van der Waals surface area contributed by atoms with Gasteiger partial charge in [-0.25, -0.2) is 9.59 Å². The lowest BCUT2D eigenvalue weighted by Crippen LogP contribution is -2.45. The molecule has 5 rings (SSSR count). The predicted molar refractivity (Wildman–Crippen MR) is 159 cm³/mol. The van der Waals surface area contributed by atoms with Crippen LogP contribution >= 0.6 is 0 Å². The van der Waals surface area contributed by atoms with Crippen LogP contribution in [0.4, 0.5) is 21.9 Å². The summed E-state index contributed by atoms with van der Waals surface area (Å²) >= 11 is 0. The van der Waals surface area contributed by atoms with Crippen LogP contribution in [0.2, 0.25) is 0 Å². The van der Waals surface area contributed by atoms with E-state index in [1.165, 1.54) is 0 Å². The van der Waals surface area contributed by atoms with Crippen molar-refractivity contribution in [3.63, 3.8) is 0 Å². The van der Waals surface area contributed by atoms with E-state index in [1.54, 1.807) is 58.5 Å². The number of nitrogens with two attached hydrogens (primary N) is 1. The Morgan fingerprint density at radius 3 is 2.59 bits per heavy atom. The van der Waals surface area contributed by atoms with Crippen LogP contribution in [0.3, 0.4) is 0 Å². The van der Waals surface area contributed by atoms with Crippen molar-refractivity contribution < 1.29 is 24.2 Å². The predicted octanol–water partition coefficient (Wildman–Crippen LogP) is 2.92. The number of rotatable bonds is 9. The van der Waals surface area contributed by atoms with Crippen molar-refractivity contribution in [1.82, 2.24) is 14.7 Å². The summed E-state index contributed by atoms with van der Waals surface area (Å²) in [5.41, 5.74) is 8.68. The molecule has 11 heteroatoms. The molecular formula is C30H38N6O5. The molecule has 1 saturated heterocycles. The molecule has 1 fully saturated rings. The molecule has 41 heavy (non-hydrogen) atoms. The van der Waals surface area contributed by atoms with Gasteiger partial charge in [0, 0.05) is 57.2 Å². The SMILES string of the molecule is CN1CCN(CCCN(CC2=CN(c3ccccc3N)C(C(=O)O)C=C2)C(=O)Nc2ccc3c(c2)OCCO3)CC1. The van der Waals surface area contributed by atoms with Crippen LogP contribution in [0.5, 0.6) is 11.5 Å². The number of fused-ring (bicyclic) bond motifs is 1. The summed E-state index contributed by atoms with van der Waals surface area (Å²) in [4.78, 5) is 33.8. The van der Waals surface area contributed by atoms with Gasteiger partial charge in [-0.3, -0.25) is 0 Å². The van der Waals surface area contributed by atoms with Gasteiger partial charge >= 0.3 is 12.0 Å². The summed E-state index contributed by atoms with van der Waals surface area (Å²) in [5.74, 6) is 0.272. The van der Waals surface area contributed by atoms with E-state index in [1.807, 2.05) is 12.1 Å². The minimum absolute atomic E-state index is 0.250. The van der Waals surface area contributed by atoms with E-state index in [4.69, 9.17) is 15.2 Å². The average molecular weight is 563 g/mol. The van der Waals surface area contributed by atoms with Crippen molar-refractivity contribution in [1.29, 1.82) is 0 Å². The summed E-state index contributed by atoms with van der Waals surface area (Å²) < 4.78 is 11.3. The minimum atomic E-state index is -0.986. The van der Waals surface area contributed by atoms with Crippen molar-refractivity contribution in [3.8, 4) is 11.5 Å². The molecule has 2 aromatic rings. The van der Waals surface area contributed by atoms with E-state index in [9.17, 15) is 14.7 Å². The van der Waals surface area contributed by atoms with Gasteiger partial charge in [0.1, 0.15) is 19.3 Å². The van der Waals surface area contributed by atoms with E-state index in [-0.39, 0.29) is 6.03 Å². The van der Waals surface area contributed by atoms with Crippen LogP contribution < -0.4 is 25.4 Å². The van der Waals surface area contributed by atoms with E-state index < -0.39 is 12.0 Å². The number of carbonyl (C=O) groups is 2. The highest BCUT2D eigenvalue weighted by Gasteiger charge is 2.27. The lowest BCUT2D eigenvalue weighted by Gasteiger charge is -2.33. The van der Waals surface area contributed by atoms with Gasteiger partial charge < -0.3 is 45.2 Å². The number of likely N-dealkylation sites (N-methyl/N-ethyl adjacent to an activating group) is 1. The largest absolute Gasteiger partial charge is 0.486 e. The first kappa shape index (κ1) is 28.3. The Morgan fingerprint density at radius 1 is 1.07 bits per heavy atom. The fourth-order valence-corrected chi connectivity index (χ4v) is 5.20. The van der Waals surface area contributed by atoms with Crippen LogP contribution in [-0.2, 0) is 4.79 Å². The summed E-state index contributed by atoms with van der Waals surface area (Å²) in [7, 11) is 2.13. The third-order valence-electron chi connectivity index (χ3n) is 7.52. The Kier molecular flexibility index (Phi) is 8.95. The quantitative estimate of drug-likeness (QED) is 0.396. The molecule has 0 aliphatic carbocycles. The topological polar surface area (TPSA) is 124 Å². The van der Waals surface area contributed by atoms with E-state index >= 15 is 0 Å². The molecule has 218 valence electrons. The summed E-state index contributed by atoms with van der Waals surface area (Å²) in [6.07, 6.45) is 5.99. The highest BCUT2D eigenvalue weighted by Crippen LogP contribution is 2.33. The number of nitrogen functional groups attached to an aromatic ring is 1. The van der Waals surface area contributed by atoms with Gasteiger partial charge in [-0.05, 0) is 49.9 Å². The first-order valence-electron chi connectivity index (χ1n) is 14.0. The fourth-order valence-electron chi connectivity index (χ4n) is 5.20. The second kappa shape index (κ2) is 13.0. The molecule has 0 bridgehead atoms. The number of para-hydroxylation sites is 2. The Hall–Kier alpha value is -4.22. The van der Waals surface area contributed by atoms with E-state index in [2.05, 4.69) is 22.2 Å². The molecule has 2 amide bonds. The molecule has 3 aliphatic heterocycles. The van der Waals surface area contributed by atoms with Gasteiger partial charge in [-0.2, -0.15) is 0 Å². The zero-order valence-corrected chi connectivity index (χ0v) is 23.4. The maximum absolute atomic E-state index is 13.6. The standard InChI is InChI=1S/C30H38N6O5/c1-33-13-15-34(16-14-33)11-4-12-35(30(39)32-23-8-10-27-28(19-23)41-18-17-40-27)20-22-7-9-26(29(37)38)36(21-22)25-6-3-2-5-24(25)31/h2-3,5-10,19,21,26H,4,11-18,20,31H2,1H3,(H,32,39)(H,37,38). The molecule has 2 aromatic carbocycles. The number of aliphatic carboxylic acids is 1. The lowest BCUT2D eigenvalue weighted by molar-refractivity contribution is -0.137. The van der Waals surface area contributed by atoms with Gasteiger partial charge in [-0.1, -0.05) is 24.3 Å². The number of carbonyl (C=O) groups excluding carboxylic acids is 1. The van der Waals surface area contributed by atoms with Crippen LogP contribution in [-0.4, -0.2) is 104 Å². The number of nitrogens with zero attached hydrogens (tertiary/aromatic N) is 4. The van der Waals surface area contributed by atoms with Gasteiger partial charge in [-0.15, -0.1) is 0 Å². The first-order chi connectivity index (χ1) is 19.9. The summed E-state index contributed by atoms with van der Waals surface area (Å²) in [6, 6.07) is 11.4. The minimum Gasteiger partial charge on any atom is -0.486 e. The summed E-state index contributed by atoms with van der Waals surface area (Å²) in [5, 5.41) is 12.9. The highest BCUT2D eigenvalue weighted by molar-refractivity contribution is 5.90. The number of nitrogens with one attached hydrogen (secondary N) is 1. The molecule has 0 saturated carbocycles. The first-order valence-corrected chi connectivity index (χ1v) is 14.0. The zero-order chi connectivity index (χ0) is 28.8. The number of amides is 2. The Morgan fingerprint density at radius 2 is 1.83 bits per heavy atom. The highest BCUT2D eigenvalue weighted by atomic mass is 16.6. The molecule has 0 radical (unpaired) electrons. The molecule has 1 unspecified atom stereocenters. The van der Waals surface area contributed by atoms with Gasteiger partial charge in [0.05, 0.1) is 11.4 Å². The Bertz CT molecular complexity index is 1310. The monoisotopic (exact) mass is 562 g/mol. The van der Waals surface area contributed by atoms with Crippen molar-refractivity contribution in [2.24, 2.45) is 0 Å². The number of hydrogen-bond donors (Lipinski definition) is 3. The number of piperazine rings is 1. The van der Waals surface area contributed by atoms with Crippen molar-refractivity contribution in [3.05, 3.63) is 66.4 Å². The van der Waals surface area contributed by atoms with Crippen LogP contribution in [0, 0.1) is 0 Å². The maximum Gasteiger partial charge on any atom is 0.330 e. The Labute approximate surface area is 240 Å². The lowest BCUT2D eigenvalue weighted by atomic mass is 10.1. The molecule has 0 aromatic heterocycles. The summed E-state index contributed by atoms with van der Waals surface area (Å²) in [6.45, 7) is 6.78. The fraction of sp³-hybridized carbons (Fsp3) is 0.400. The molecular weight excluding hydrogens is 524 g/mol. The van der Waals surface area contributed by atoms with Gasteiger partial charge in [0.25, 0.3) is 0 Å². The molecule has 3 heterocycles. The van der Waals surface area contributed by atoms with E-state index in [0.717, 1.165) is 44.7 Å². The van der Waals surface area contributed by atoms with Crippen molar-refractivity contribution in [2.75, 3.05) is 82.0 Å².